The number of carbonyl (C=O) groups is 1. The van der Waals surface area contributed by atoms with Crippen LogP contribution in [0, 0.1) is 17.8 Å². The van der Waals surface area contributed by atoms with Gasteiger partial charge in [-0.3, -0.25) is 9.89 Å². The van der Waals surface area contributed by atoms with E-state index in [1.54, 1.807) is 11.3 Å². The van der Waals surface area contributed by atoms with E-state index in [-0.39, 0.29) is 11.4 Å². The smallest absolute Gasteiger partial charge is 0.274 e. The molecule has 2 aromatic rings. The van der Waals surface area contributed by atoms with Crippen molar-refractivity contribution in [1.29, 1.82) is 0 Å². The van der Waals surface area contributed by atoms with Gasteiger partial charge in [-0.2, -0.15) is 5.10 Å². The van der Waals surface area contributed by atoms with E-state index in [2.05, 4.69) is 16.3 Å². The van der Waals surface area contributed by atoms with Crippen molar-refractivity contribution >= 4 is 17.2 Å². The number of carbonyl (C=O) groups excluding carboxylic acids is 1. The molecule has 4 nitrogen and oxygen atoms in total. The van der Waals surface area contributed by atoms with Crippen LogP contribution in [0.2, 0.25) is 0 Å². The van der Waals surface area contributed by atoms with Gasteiger partial charge in [-0.1, -0.05) is 6.07 Å². The Kier molecular flexibility index (Phi) is 3.18. The third-order valence-electron chi connectivity index (χ3n) is 6.61. The molecule has 2 heterocycles. The molecule has 5 heteroatoms. The fourth-order valence-electron chi connectivity index (χ4n) is 5.85. The summed E-state index contributed by atoms with van der Waals surface area (Å²) >= 11 is 1.66. The highest BCUT2D eigenvalue weighted by Crippen LogP contribution is 2.57. The highest BCUT2D eigenvalue weighted by molar-refractivity contribution is 7.13. The molecule has 4 aliphatic carbocycles. The molecule has 0 aromatic carbocycles. The summed E-state index contributed by atoms with van der Waals surface area (Å²) in [4.78, 5) is 16.3. The predicted octanol–water partition coefficient (Wildman–Crippen LogP) is 4.18. The van der Waals surface area contributed by atoms with Crippen molar-refractivity contribution in [3.63, 3.8) is 0 Å². The number of nitrogens with one attached hydrogen (secondary N) is 1. The van der Waals surface area contributed by atoms with Gasteiger partial charge in [-0.15, -0.1) is 11.3 Å². The largest absolute Gasteiger partial charge is 0.335 e. The summed E-state index contributed by atoms with van der Waals surface area (Å²) in [5.41, 5.74) is 1.58. The van der Waals surface area contributed by atoms with Gasteiger partial charge in [0.25, 0.3) is 5.91 Å². The average Bonchev–Trinajstić information content (AvgIpc) is 3.23. The minimum absolute atomic E-state index is 0.0796. The van der Waals surface area contributed by atoms with Crippen LogP contribution in [-0.4, -0.2) is 33.6 Å². The Morgan fingerprint density at radius 3 is 2.50 bits per heavy atom. The van der Waals surface area contributed by atoms with Crippen LogP contribution in [0.4, 0.5) is 0 Å². The number of H-pyrrole nitrogens is 1. The molecule has 0 unspecified atom stereocenters. The predicted molar refractivity (Wildman–Crippen MR) is 94.9 cm³/mol. The summed E-state index contributed by atoms with van der Waals surface area (Å²) in [5.74, 6) is 2.60. The molecule has 4 aliphatic rings. The first-order valence-electron chi connectivity index (χ1n) is 9.00. The zero-order chi connectivity index (χ0) is 16.3. The minimum Gasteiger partial charge on any atom is -0.335 e. The Bertz CT molecular complexity index is 728. The van der Waals surface area contributed by atoms with Crippen molar-refractivity contribution in [3.8, 4) is 10.6 Å². The zero-order valence-electron chi connectivity index (χ0n) is 14.0. The van der Waals surface area contributed by atoms with Crippen LogP contribution in [0.25, 0.3) is 10.6 Å². The van der Waals surface area contributed by atoms with Crippen LogP contribution < -0.4 is 0 Å². The first kappa shape index (κ1) is 14.7. The average molecular weight is 341 g/mol. The summed E-state index contributed by atoms with van der Waals surface area (Å²) < 4.78 is 0. The molecule has 0 radical (unpaired) electrons. The third kappa shape index (κ3) is 2.17. The van der Waals surface area contributed by atoms with E-state index >= 15 is 0 Å². The Labute approximate surface area is 146 Å². The van der Waals surface area contributed by atoms with Crippen molar-refractivity contribution in [3.05, 3.63) is 29.3 Å². The quantitative estimate of drug-likeness (QED) is 0.910. The maximum atomic E-state index is 13.1. The molecular formula is C19H23N3OS. The molecular weight excluding hydrogens is 318 g/mol. The van der Waals surface area contributed by atoms with Gasteiger partial charge >= 0.3 is 0 Å². The Morgan fingerprint density at radius 2 is 1.92 bits per heavy atom. The highest BCUT2D eigenvalue weighted by atomic mass is 32.1. The van der Waals surface area contributed by atoms with Crippen LogP contribution in [0.3, 0.4) is 0 Å². The van der Waals surface area contributed by atoms with Crippen molar-refractivity contribution < 1.29 is 4.79 Å². The minimum atomic E-state index is 0.0796. The Morgan fingerprint density at radius 1 is 1.25 bits per heavy atom. The van der Waals surface area contributed by atoms with Gasteiger partial charge in [0.15, 0.2) is 5.69 Å². The first-order chi connectivity index (χ1) is 11.6. The van der Waals surface area contributed by atoms with E-state index in [4.69, 9.17) is 0 Å². The van der Waals surface area contributed by atoms with Gasteiger partial charge < -0.3 is 4.90 Å². The fourth-order valence-corrected chi connectivity index (χ4v) is 6.54. The third-order valence-corrected chi connectivity index (χ3v) is 7.51. The van der Waals surface area contributed by atoms with E-state index in [1.165, 1.54) is 38.5 Å². The van der Waals surface area contributed by atoms with Crippen molar-refractivity contribution in [2.24, 2.45) is 17.8 Å². The number of aromatic amines is 1. The molecule has 2 aromatic heterocycles. The van der Waals surface area contributed by atoms with Crippen LogP contribution >= 0.6 is 11.3 Å². The number of rotatable bonds is 3. The normalized spacial score (nSPS) is 33.8. The summed E-state index contributed by atoms with van der Waals surface area (Å²) in [6.45, 7) is 0. The molecule has 4 saturated carbocycles. The zero-order valence-corrected chi connectivity index (χ0v) is 14.8. The number of thiophene rings is 1. The lowest BCUT2D eigenvalue weighted by molar-refractivity contribution is -0.0667. The van der Waals surface area contributed by atoms with Gasteiger partial charge in [0.2, 0.25) is 0 Å². The van der Waals surface area contributed by atoms with Crippen LogP contribution in [0.5, 0.6) is 0 Å². The van der Waals surface area contributed by atoms with E-state index < -0.39 is 0 Å². The van der Waals surface area contributed by atoms with E-state index in [9.17, 15) is 4.79 Å². The second-order valence-corrected chi connectivity index (χ2v) is 9.10. The molecule has 0 saturated heterocycles. The lowest BCUT2D eigenvalue weighted by Gasteiger charge is -2.59. The number of aromatic nitrogens is 2. The topological polar surface area (TPSA) is 49.0 Å². The number of amides is 1. The molecule has 24 heavy (non-hydrogen) atoms. The van der Waals surface area contributed by atoms with Gasteiger partial charge in [-0.25, -0.2) is 0 Å². The van der Waals surface area contributed by atoms with Crippen molar-refractivity contribution in [2.75, 3.05) is 7.05 Å². The summed E-state index contributed by atoms with van der Waals surface area (Å²) in [6, 6.07) is 5.98. The maximum absolute atomic E-state index is 13.1. The van der Waals surface area contributed by atoms with Crippen molar-refractivity contribution in [2.45, 2.75) is 44.1 Å². The molecule has 1 amide bonds. The summed E-state index contributed by atoms with van der Waals surface area (Å²) in [5, 5.41) is 9.38. The van der Waals surface area contributed by atoms with Crippen LogP contribution in [0.15, 0.2) is 23.6 Å². The van der Waals surface area contributed by atoms with E-state index in [0.29, 0.717) is 5.69 Å². The van der Waals surface area contributed by atoms with Gasteiger partial charge in [-0.05, 0) is 73.8 Å². The lowest BCUT2D eigenvalue weighted by Crippen LogP contribution is -2.60. The number of nitrogens with zero attached hydrogens (tertiary/aromatic N) is 2. The molecule has 0 spiro atoms. The molecule has 126 valence electrons. The van der Waals surface area contributed by atoms with Gasteiger partial charge in [0, 0.05) is 12.6 Å². The van der Waals surface area contributed by atoms with Gasteiger partial charge in [0.05, 0.1) is 10.6 Å². The lowest BCUT2D eigenvalue weighted by atomic mass is 9.52. The van der Waals surface area contributed by atoms with Gasteiger partial charge in [0.1, 0.15) is 0 Å². The highest BCUT2D eigenvalue weighted by Gasteiger charge is 2.53. The number of hydrogen-bond acceptors (Lipinski definition) is 3. The summed E-state index contributed by atoms with van der Waals surface area (Å²) in [7, 11) is 2.01. The standard InChI is InChI=1S/C19H23N3OS/c1-22(19-9-12-5-13(10-19)7-14(6-12)11-19)18(23)16-8-15(20-21-16)17-3-2-4-24-17/h2-4,8,12-14H,5-7,9-11H2,1H3,(H,20,21). The first-order valence-corrected chi connectivity index (χ1v) is 9.88. The van der Waals surface area contributed by atoms with Crippen LogP contribution in [-0.2, 0) is 0 Å². The van der Waals surface area contributed by atoms with Crippen molar-refractivity contribution in [1.82, 2.24) is 15.1 Å². The molecule has 0 atom stereocenters. The Hall–Kier alpha value is -1.62. The monoisotopic (exact) mass is 341 g/mol. The van der Waals surface area contributed by atoms with Crippen LogP contribution in [0.1, 0.15) is 49.0 Å². The fraction of sp³-hybridized carbons (Fsp3) is 0.579. The molecule has 4 fully saturated rings. The molecule has 6 rings (SSSR count). The SMILES string of the molecule is CN(C(=O)c1cc(-c2cccs2)[nH]n1)C12CC3CC(CC(C3)C1)C2. The second-order valence-electron chi connectivity index (χ2n) is 8.15. The van der Waals surface area contributed by atoms with E-state index in [1.807, 2.05) is 29.5 Å². The molecule has 4 bridgehead atoms. The number of hydrogen-bond donors (Lipinski definition) is 1. The summed E-state index contributed by atoms with van der Waals surface area (Å²) in [6.07, 6.45) is 7.78. The van der Waals surface area contributed by atoms with E-state index in [0.717, 1.165) is 28.3 Å². The maximum Gasteiger partial charge on any atom is 0.274 e. The second kappa shape index (κ2) is 5.19. The molecule has 0 aliphatic heterocycles. The molecule has 1 N–H and O–H groups in total. The Balaban J connectivity index is 1.41.